The number of likely N-dealkylation sites (tertiary alicyclic amines) is 1. The van der Waals surface area contributed by atoms with Crippen LogP contribution in [0, 0.1) is 0 Å². The maximum Gasteiger partial charge on any atom is 0.253 e. The molecule has 188 valence electrons. The summed E-state index contributed by atoms with van der Waals surface area (Å²) in [5.41, 5.74) is 1.38. The summed E-state index contributed by atoms with van der Waals surface area (Å²) in [6.07, 6.45) is 3.38. The van der Waals surface area contributed by atoms with Crippen molar-refractivity contribution in [2.75, 3.05) is 33.4 Å². The Labute approximate surface area is 207 Å². The molecule has 5 rings (SSSR count). The Balaban J connectivity index is 1.28. The fourth-order valence-corrected chi connectivity index (χ4v) is 5.29. The third kappa shape index (κ3) is 5.11. The molecule has 0 saturated carbocycles. The standard InChI is InChI=1S/C28H35NO6/c1-19(2)33-24-9-8-20(16-25(24)31-3)27(30)29-13-11-28(12-14-29)17-26(34-21-10-15-32-18-21)22-6-4-5-7-23(22)35-28/h4-9,16,19,21,26H,10-15,17-18H2,1-3H3/t21-,26?/m1/s1. The first-order chi connectivity index (χ1) is 17.0. The van der Waals surface area contributed by atoms with Gasteiger partial charge in [-0.15, -0.1) is 0 Å². The highest BCUT2D eigenvalue weighted by Gasteiger charge is 2.45. The summed E-state index contributed by atoms with van der Waals surface area (Å²) in [7, 11) is 1.59. The van der Waals surface area contributed by atoms with Crippen LogP contribution < -0.4 is 14.2 Å². The van der Waals surface area contributed by atoms with Crippen LogP contribution in [0.5, 0.6) is 17.2 Å². The first-order valence-corrected chi connectivity index (χ1v) is 12.6. The molecule has 35 heavy (non-hydrogen) atoms. The Morgan fingerprint density at radius 1 is 1.11 bits per heavy atom. The number of methoxy groups -OCH3 is 1. The van der Waals surface area contributed by atoms with Crippen molar-refractivity contribution in [3.63, 3.8) is 0 Å². The molecule has 7 nitrogen and oxygen atoms in total. The normalized spacial score (nSPS) is 23.1. The Morgan fingerprint density at radius 3 is 2.63 bits per heavy atom. The lowest BCUT2D eigenvalue weighted by Gasteiger charge is -2.47. The predicted octanol–water partition coefficient (Wildman–Crippen LogP) is 4.79. The van der Waals surface area contributed by atoms with E-state index in [1.54, 1.807) is 13.2 Å². The molecule has 1 spiro atoms. The van der Waals surface area contributed by atoms with E-state index in [1.165, 1.54) is 0 Å². The summed E-state index contributed by atoms with van der Waals surface area (Å²) in [5, 5.41) is 0. The number of fused-ring (bicyclic) bond motifs is 1. The van der Waals surface area contributed by atoms with Gasteiger partial charge in [-0.3, -0.25) is 4.79 Å². The molecule has 0 aromatic heterocycles. The molecule has 3 aliphatic rings. The molecule has 1 unspecified atom stereocenters. The lowest BCUT2D eigenvalue weighted by atomic mass is 9.81. The van der Waals surface area contributed by atoms with Crippen molar-refractivity contribution in [2.45, 2.75) is 63.4 Å². The second kappa shape index (κ2) is 10.1. The van der Waals surface area contributed by atoms with E-state index in [0.29, 0.717) is 36.8 Å². The Bertz CT molecular complexity index is 1040. The van der Waals surface area contributed by atoms with Gasteiger partial charge in [0.1, 0.15) is 11.4 Å². The third-order valence-corrected chi connectivity index (χ3v) is 7.13. The molecule has 2 fully saturated rings. The van der Waals surface area contributed by atoms with Gasteiger partial charge in [0.15, 0.2) is 11.5 Å². The van der Waals surface area contributed by atoms with E-state index in [0.717, 1.165) is 43.6 Å². The first kappa shape index (κ1) is 23.9. The van der Waals surface area contributed by atoms with Gasteiger partial charge >= 0.3 is 0 Å². The van der Waals surface area contributed by atoms with Crippen molar-refractivity contribution < 1.29 is 28.5 Å². The van der Waals surface area contributed by atoms with Crippen molar-refractivity contribution in [2.24, 2.45) is 0 Å². The van der Waals surface area contributed by atoms with E-state index < -0.39 is 0 Å². The van der Waals surface area contributed by atoms with Crippen LogP contribution in [-0.4, -0.2) is 62.0 Å². The van der Waals surface area contributed by atoms with Crippen LogP contribution >= 0.6 is 0 Å². The highest BCUT2D eigenvalue weighted by atomic mass is 16.6. The van der Waals surface area contributed by atoms with E-state index in [4.69, 9.17) is 23.7 Å². The van der Waals surface area contributed by atoms with E-state index in [9.17, 15) is 4.79 Å². The highest BCUT2D eigenvalue weighted by Crippen LogP contribution is 2.46. The van der Waals surface area contributed by atoms with E-state index in [-0.39, 0.29) is 29.8 Å². The quantitative estimate of drug-likeness (QED) is 0.591. The van der Waals surface area contributed by atoms with Crippen LogP contribution in [0.3, 0.4) is 0 Å². The smallest absolute Gasteiger partial charge is 0.253 e. The Kier molecular flexibility index (Phi) is 6.89. The van der Waals surface area contributed by atoms with Gasteiger partial charge in [0.25, 0.3) is 5.91 Å². The summed E-state index contributed by atoms with van der Waals surface area (Å²) in [6, 6.07) is 13.6. The highest BCUT2D eigenvalue weighted by molar-refractivity contribution is 5.95. The number of para-hydroxylation sites is 1. The SMILES string of the molecule is COc1cc(C(=O)N2CCC3(CC2)CC(O[C@@H]2CCOC2)c2ccccc2O3)ccc1OC(C)C. The van der Waals surface area contributed by atoms with Crippen LogP contribution in [0.15, 0.2) is 42.5 Å². The first-order valence-electron chi connectivity index (χ1n) is 12.6. The van der Waals surface area contributed by atoms with Crippen molar-refractivity contribution in [1.82, 2.24) is 4.90 Å². The maximum absolute atomic E-state index is 13.3. The number of amides is 1. The van der Waals surface area contributed by atoms with Gasteiger partial charge in [-0.25, -0.2) is 0 Å². The van der Waals surface area contributed by atoms with Crippen LogP contribution in [0.2, 0.25) is 0 Å². The summed E-state index contributed by atoms with van der Waals surface area (Å²) < 4.78 is 29.9. The fourth-order valence-electron chi connectivity index (χ4n) is 5.29. The number of hydrogen-bond acceptors (Lipinski definition) is 6. The number of hydrogen-bond donors (Lipinski definition) is 0. The van der Waals surface area contributed by atoms with Gasteiger partial charge in [-0.2, -0.15) is 0 Å². The van der Waals surface area contributed by atoms with Crippen molar-refractivity contribution in [3.05, 3.63) is 53.6 Å². The Hall–Kier alpha value is -2.77. The average molecular weight is 482 g/mol. The second-order valence-corrected chi connectivity index (χ2v) is 9.96. The largest absolute Gasteiger partial charge is 0.493 e. The molecule has 2 aromatic rings. The maximum atomic E-state index is 13.3. The van der Waals surface area contributed by atoms with Gasteiger partial charge in [0, 0.05) is 50.1 Å². The van der Waals surface area contributed by atoms with Crippen molar-refractivity contribution >= 4 is 5.91 Å². The molecule has 2 atom stereocenters. The predicted molar refractivity (Wildman–Crippen MR) is 131 cm³/mol. The monoisotopic (exact) mass is 481 g/mol. The number of carbonyl (C=O) groups excluding carboxylic acids is 1. The Morgan fingerprint density at radius 2 is 1.91 bits per heavy atom. The molecule has 0 N–H and O–H groups in total. The van der Waals surface area contributed by atoms with E-state index in [2.05, 4.69) is 6.07 Å². The van der Waals surface area contributed by atoms with Crippen LogP contribution in [-0.2, 0) is 9.47 Å². The van der Waals surface area contributed by atoms with E-state index in [1.807, 2.05) is 49.1 Å². The number of benzene rings is 2. The lowest BCUT2D eigenvalue weighted by molar-refractivity contribution is -0.0948. The molecule has 2 saturated heterocycles. The summed E-state index contributed by atoms with van der Waals surface area (Å²) in [4.78, 5) is 15.2. The molecular weight excluding hydrogens is 446 g/mol. The van der Waals surface area contributed by atoms with Gasteiger partial charge in [-0.1, -0.05) is 18.2 Å². The average Bonchev–Trinajstić information content (AvgIpc) is 3.37. The zero-order valence-corrected chi connectivity index (χ0v) is 20.8. The molecule has 2 aromatic carbocycles. The van der Waals surface area contributed by atoms with E-state index >= 15 is 0 Å². The summed E-state index contributed by atoms with van der Waals surface area (Å²) in [5.74, 6) is 2.11. The molecule has 0 aliphatic carbocycles. The van der Waals surface area contributed by atoms with Gasteiger partial charge in [-0.05, 0) is 44.5 Å². The van der Waals surface area contributed by atoms with Crippen LogP contribution in [0.25, 0.3) is 0 Å². The topological polar surface area (TPSA) is 66.5 Å². The number of nitrogens with zero attached hydrogens (tertiary/aromatic N) is 1. The molecule has 3 aliphatic heterocycles. The van der Waals surface area contributed by atoms with Gasteiger partial charge in [0.2, 0.25) is 0 Å². The summed E-state index contributed by atoms with van der Waals surface area (Å²) >= 11 is 0. The zero-order valence-electron chi connectivity index (χ0n) is 20.8. The fraction of sp³-hybridized carbons (Fsp3) is 0.536. The molecule has 7 heteroatoms. The minimum atomic E-state index is -0.331. The van der Waals surface area contributed by atoms with Crippen molar-refractivity contribution in [1.29, 1.82) is 0 Å². The van der Waals surface area contributed by atoms with Crippen molar-refractivity contribution in [3.8, 4) is 17.2 Å². The zero-order chi connectivity index (χ0) is 24.4. The minimum absolute atomic E-state index is 0.00126. The number of rotatable bonds is 6. The second-order valence-electron chi connectivity index (χ2n) is 9.96. The molecule has 0 radical (unpaired) electrons. The lowest BCUT2D eigenvalue weighted by Crippen LogP contribution is -2.52. The van der Waals surface area contributed by atoms with Gasteiger partial charge in [0.05, 0.1) is 32.0 Å². The number of ether oxygens (including phenoxy) is 5. The molecule has 0 bridgehead atoms. The van der Waals surface area contributed by atoms with Crippen LogP contribution in [0.4, 0.5) is 0 Å². The molecular formula is C28H35NO6. The molecule has 1 amide bonds. The molecule has 3 heterocycles. The van der Waals surface area contributed by atoms with Crippen LogP contribution in [0.1, 0.15) is 61.6 Å². The number of piperidine rings is 1. The van der Waals surface area contributed by atoms with Gasteiger partial charge < -0.3 is 28.6 Å². The third-order valence-electron chi connectivity index (χ3n) is 7.13. The minimum Gasteiger partial charge on any atom is -0.493 e. The number of carbonyl (C=O) groups is 1. The summed E-state index contributed by atoms with van der Waals surface area (Å²) in [6.45, 7) is 6.60.